The van der Waals surface area contributed by atoms with Gasteiger partial charge in [-0.25, -0.2) is 0 Å². The maximum absolute atomic E-state index is 6.03. The van der Waals surface area contributed by atoms with E-state index in [1.54, 1.807) is 5.56 Å². The number of benzene rings is 1. The molecule has 1 aromatic rings. The molecule has 0 heterocycles. The lowest BCUT2D eigenvalue weighted by Crippen LogP contribution is -2.25. The Kier molecular flexibility index (Phi) is 1.17. The molecule has 1 saturated carbocycles. The first-order chi connectivity index (χ1) is 5.86. The van der Waals surface area contributed by atoms with Crippen molar-refractivity contribution in [3.63, 3.8) is 0 Å². The van der Waals surface area contributed by atoms with Gasteiger partial charge in [0.15, 0.2) is 0 Å². The highest BCUT2D eigenvalue weighted by Crippen LogP contribution is 2.51. The third-order valence-corrected chi connectivity index (χ3v) is 3.45. The van der Waals surface area contributed by atoms with Crippen LogP contribution in [-0.2, 0) is 0 Å². The van der Waals surface area contributed by atoms with Crippen LogP contribution in [0.5, 0.6) is 0 Å². The van der Waals surface area contributed by atoms with Crippen LogP contribution in [0, 0.1) is 0 Å². The number of hydrogen-bond acceptors (Lipinski definition) is 1. The van der Waals surface area contributed by atoms with Gasteiger partial charge in [0.25, 0.3) is 0 Å². The van der Waals surface area contributed by atoms with E-state index in [-0.39, 0.29) is 0 Å². The second kappa shape index (κ2) is 2.11. The Morgan fingerprint density at radius 1 is 1.08 bits per heavy atom. The monoisotopic (exact) mass is 159 g/mol. The zero-order chi connectivity index (χ0) is 8.13. The van der Waals surface area contributed by atoms with Crippen molar-refractivity contribution in [1.82, 2.24) is 0 Å². The molecular weight excluding hydrogens is 146 g/mol. The lowest BCUT2D eigenvalue weighted by Gasteiger charge is -2.20. The van der Waals surface area contributed by atoms with Gasteiger partial charge in [-0.15, -0.1) is 0 Å². The first kappa shape index (κ1) is 6.67. The van der Waals surface area contributed by atoms with Crippen LogP contribution in [0.25, 0.3) is 0 Å². The quantitative estimate of drug-likeness (QED) is 0.615. The van der Waals surface area contributed by atoms with Crippen molar-refractivity contribution in [2.45, 2.75) is 30.7 Å². The maximum atomic E-state index is 6.03. The van der Waals surface area contributed by atoms with E-state index in [2.05, 4.69) is 24.3 Å². The van der Waals surface area contributed by atoms with E-state index in [9.17, 15) is 0 Å². The van der Waals surface area contributed by atoms with E-state index < -0.39 is 0 Å². The molecule has 3 rings (SSSR count). The Hall–Kier alpha value is -0.820. The molecule has 2 aliphatic carbocycles. The second-order valence-electron chi connectivity index (χ2n) is 4.07. The Bertz CT molecular complexity index is 319. The molecule has 0 amide bonds. The van der Waals surface area contributed by atoms with Gasteiger partial charge in [0.05, 0.1) is 0 Å². The number of fused-ring (bicyclic) bond motifs is 5. The van der Waals surface area contributed by atoms with Crippen molar-refractivity contribution >= 4 is 0 Å². The van der Waals surface area contributed by atoms with Crippen LogP contribution in [0.4, 0.5) is 0 Å². The molecule has 1 nitrogen and oxygen atoms in total. The number of nitrogens with two attached hydrogens (primary N) is 1. The molecule has 0 saturated heterocycles. The summed E-state index contributed by atoms with van der Waals surface area (Å²) in [4.78, 5) is 0. The molecule has 0 radical (unpaired) electrons. The molecule has 1 heteroatoms. The first-order valence-corrected chi connectivity index (χ1v) is 4.70. The first-order valence-electron chi connectivity index (χ1n) is 4.70. The second-order valence-corrected chi connectivity index (χ2v) is 4.07. The molecule has 0 aliphatic heterocycles. The van der Waals surface area contributed by atoms with Gasteiger partial charge in [-0.2, -0.15) is 0 Å². The fourth-order valence-corrected chi connectivity index (χ4v) is 2.90. The van der Waals surface area contributed by atoms with Crippen LogP contribution < -0.4 is 5.73 Å². The van der Waals surface area contributed by atoms with E-state index in [0.717, 1.165) is 5.92 Å². The lowest BCUT2D eigenvalue weighted by atomic mass is 9.89. The normalized spacial score (nSPS) is 36.9. The molecule has 0 aromatic heterocycles. The standard InChI is InChI=1S/C11H13N/c12-11-6-7-5-10(11)9-4-2-1-3-8(7)9/h1-4,7,10-11H,5-6,12H2/t7?,10-,11?/m0/s1. The molecule has 12 heavy (non-hydrogen) atoms. The van der Waals surface area contributed by atoms with Crippen molar-refractivity contribution < 1.29 is 0 Å². The van der Waals surface area contributed by atoms with Crippen LogP contribution in [0.15, 0.2) is 24.3 Å². The Morgan fingerprint density at radius 3 is 2.67 bits per heavy atom. The molecule has 1 aromatic carbocycles. The summed E-state index contributed by atoms with van der Waals surface area (Å²) >= 11 is 0. The highest BCUT2D eigenvalue weighted by molar-refractivity contribution is 5.42. The summed E-state index contributed by atoms with van der Waals surface area (Å²) in [5, 5.41) is 0. The van der Waals surface area contributed by atoms with Crippen molar-refractivity contribution in [1.29, 1.82) is 0 Å². The summed E-state index contributed by atoms with van der Waals surface area (Å²) in [6.07, 6.45) is 2.52. The van der Waals surface area contributed by atoms with Crippen LogP contribution in [0.3, 0.4) is 0 Å². The highest BCUT2D eigenvalue weighted by atomic mass is 14.7. The minimum Gasteiger partial charge on any atom is -0.327 e. The van der Waals surface area contributed by atoms with E-state index >= 15 is 0 Å². The number of rotatable bonds is 0. The highest BCUT2D eigenvalue weighted by Gasteiger charge is 2.41. The molecule has 3 atom stereocenters. The smallest absolute Gasteiger partial charge is 0.0114 e. The van der Waals surface area contributed by atoms with Gasteiger partial charge in [-0.05, 0) is 35.8 Å². The molecular formula is C11H13N. The van der Waals surface area contributed by atoms with Crippen LogP contribution in [-0.4, -0.2) is 6.04 Å². The summed E-state index contributed by atoms with van der Waals surface area (Å²) in [7, 11) is 0. The predicted molar refractivity (Wildman–Crippen MR) is 49.1 cm³/mol. The minimum atomic E-state index is 0.435. The van der Waals surface area contributed by atoms with Gasteiger partial charge in [0.2, 0.25) is 0 Å². The van der Waals surface area contributed by atoms with Crippen molar-refractivity contribution in [2.75, 3.05) is 0 Å². The molecule has 2 unspecified atom stereocenters. The van der Waals surface area contributed by atoms with Crippen molar-refractivity contribution in [3.05, 3.63) is 35.4 Å². The Balaban J connectivity index is 2.17. The van der Waals surface area contributed by atoms with Crippen molar-refractivity contribution in [3.8, 4) is 0 Å². The summed E-state index contributed by atoms with van der Waals surface area (Å²) in [5.41, 5.74) is 9.14. The van der Waals surface area contributed by atoms with Crippen LogP contribution in [0.1, 0.15) is 35.8 Å². The lowest BCUT2D eigenvalue weighted by molar-refractivity contribution is 0.595. The largest absolute Gasteiger partial charge is 0.327 e. The van der Waals surface area contributed by atoms with E-state index in [0.29, 0.717) is 12.0 Å². The van der Waals surface area contributed by atoms with Gasteiger partial charge < -0.3 is 5.73 Å². The summed E-state index contributed by atoms with van der Waals surface area (Å²) in [6, 6.07) is 9.23. The van der Waals surface area contributed by atoms with Gasteiger partial charge in [0, 0.05) is 6.04 Å². The molecule has 2 bridgehead atoms. The SMILES string of the molecule is NC1CC2C[C@H]1c1ccccc12. The minimum absolute atomic E-state index is 0.435. The zero-order valence-corrected chi connectivity index (χ0v) is 7.03. The van der Waals surface area contributed by atoms with E-state index in [1.807, 2.05) is 0 Å². The molecule has 2 aliphatic rings. The molecule has 62 valence electrons. The zero-order valence-electron chi connectivity index (χ0n) is 7.03. The third-order valence-electron chi connectivity index (χ3n) is 3.45. The molecule has 0 spiro atoms. The maximum Gasteiger partial charge on any atom is 0.0114 e. The average Bonchev–Trinajstić information content (AvgIpc) is 2.62. The summed E-state index contributed by atoms with van der Waals surface area (Å²) < 4.78 is 0. The fraction of sp³-hybridized carbons (Fsp3) is 0.455. The topological polar surface area (TPSA) is 26.0 Å². The average molecular weight is 159 g/mol. The van der Waals surface area contributed by atoms with Crippen LogP contribution >= 0.6 is 0 Å². The van der Waals surface area contributed by atoms with Crippen molar-refractivity contribution in [2.24, 2.45) is 5.73 Å². The Morgan fingerprint density at radius 2 is 1.83 bits per heavy atom. The molecule has 1 fully saturated rings. The van der Waals surface area contributed by atoms with Gasteiger partial charge in [-0.1, -0.05) is 24.3 Å². The fourth-order valence-electron chi connectivity index (χ4n) is 2.90. The van der Waals surface area contributed by atoms with E-state index in [4.69, 9.17) is 5.73 Å². The number of hydrogen-bond donors (Lipinski definition) is 1. The van der Waals surface area contributed by atoms with Gasteiger partial charge in [-0.3, -0.25) is 0 Å². The summed E-state index contributed by atoms with van der Waals surface area (Å²) in [6.45, 7) is 0. The van der Waals surface area contributed by atoms with Gasteiger partial charge in [0.1, 0.15) is 0 Å². The molecule has 2 N–H and O–H groups in total. The van der Waals surface area contributed by atoms with Gasteiger partial charge >= 0.3 is 0 Å². The summed E-state index contributed by atoms with van der Waals surface area (Å²) in [5.74, 6) is 1.45. The van der Waals surface area contributed by atoms with Crippen LogP contribution in [0.2, 0.25) is 0 Å². The predicted octanol–water partition coefficient (Wildman–Crippen LogP) is 1.99. The third kappa shape index (κ3) is 0.674. The Labute approximate surface area is 72.6 Å². The van der Waals surface area contributed by atoms with E-state index in [1.165, 1.54) is 18.4 Å².